The zero-order valence-electron chi connectivity index (χ0n) is 19.2. The highest BCUT2D eigenvalue weighted by Gasteiger charge is 2.21. The molecular formula is C25H27ClN4O3S. The maximum atomic E-state index is 12.5. The Labute approximate surface area is 204 Å². The summed E-state index contributed by atoms with van der Waals surface area (Å²) in [5, 5.41) is 2.23. The molecule has 1 fully saturated rings. The van der Waals surface area contributed by atoms with E-state index in [0.717, 1.165) is 53.3 Å². The van der Waals surface area contributed by atoms with Crippen LogP contribution in [-0.4, -0.2) is 60.8 Å². The number of nitrogens with one attached hydrogen (secondary N) is 1. The monoisotopic (exact) mass is 498 g/mol. The van der Waals surface area contributed by atoms with Gasteiger partial charge in [-0.3, -0.25) is 0 Å². The third-order valence-electron chi connectivity index (χ3n) is 6.59. The number of benzene rings is 1. The molecule has 0 spiro atoms. The van der Waals surface area contributed by atoms with E-state index in [2.05, 4.69) is 26.9 Å². The third kappa shape index (κ3) is 4.37. The van der Waals surface area contributed by atoms with Crippen molar-refractivity contribution in [3.63, 3.8) is 0 Å². The Morgan fingerprint density at radius 3 is 2.74 bits per heavy atom. The highest BCUT2D eigenvalue weighted by Crippen LogP contribution is 2.38. The number of nitrogens with zero attached hydrogens (tertiary/aromatic N) is 3. The van der Waals surface area contributed by atoms with Crippen LogP contribution < -0.4 is 4.74 Å². The van der Waals surface area contributed by atoms with Gasteiger partial charge in [0.1, 0.15) is 11.2 Å². The van der Waals surface area contributed by atoms with Crippen molar-refractivity contribution in [3.05, 3.63) is 47.7 Å². The van der Waals surface area contributed by atoms with Crippen molar-refractivity contribution in [2.45, 2.75) is 24.7 Å². The van der Waals surface area contributed by atoms with Crippen LogP contribution in [0.25, 0.3) is 33.1 Å². The molecule has 0 unspecified atom stereocenters. The molecule has 0 amide bonds. The molecule has 4 aromatic rings. The fourth-order valence-electron chi connectivity index (χ4n) is 4.52. The summed E-state index contributed by atoms with van der Waals surface area (Å²) in [7, 11) is -1.20. The SMILES string of the molecule is CCS(=O)(=O)c1cccc(-c2cnc(OCC3CCN(C)CC3)c3[nH]c4ncc(Cl)cc4c23)c1. The minimum Gasteiger partial charge on any atom is -0.476 e. The number of likely N-dealkylation sites (tertiary alicyclic amines) is 1. The lowest BCUT2D eigenvalue weighted by Gasteiger charge is -2.28. The average Bonchev–Trinajstić information content (AvgIpc) is 3.22. The van der Waals surface area contributed by atoms with Gasteiger partial charge in [-0.1, -0.05) is 30.7 Å². The first kappa shape index (κ1) is 23.1. The van der Waals surface area contributed by atoms with Crippen LogP contribution in [0.4, 0.5) is 0 Å². The first-order valence-corrected chi connectivity index (χ1v) is 13.5. The molecule has 1 saturated heterocycles. The zero-order chi connectivity index (χ0) is 23.9. The highest BCUT2D eigenvalue weighted by molar-refractivity contribution is 7.91. The van der Waals surface area contributed by atoms with Gasteiger partial charge in [0.05, 0.1) is 22.3 Å². The van der Waals surface area contributed by atoms with E-state index >= 15 is 0 Å². The van der Waals surface area contributed by atoms with Crippen LogP contribution in [0.15, 0.2) is 47.6 Å². The van der Waals surface area contributed by atoms with Gasteiger partial charge in [0.15, 0.2) is 9.84 Å². The number of fused-ring (bicyclic) bond motifs is 3. The van der Waals surface area contributed by atoms with Crippen LogP contribution in [0.3, 0.4) is 0 Å². The Morgan fingerprint density at radius 1 is 1.18 bits per heavy atom. The number of piperidine rings is 1. The lowest BCUT2D eigenvalue weighted by atomic mass is 9.98. The van der Waals surface area contributed by atoms with Crippen LogP contribution in [0.5, 0.6) is 5.88 Å². The lowest BCUT2D eigenvalue weighted by Crippen LogP contribution is -2.32. The summed E-state index contributed by atoms with van der Waals surface area (Å²) in [6.07, 6.45) is 5.54. The van der Waals surface area contributed by atoms with Crippen LogP contribution in [0.2, 0.25) is 5.02 Å². The van der Waals surface area contributed by atoms with E-state index in [1.807, 2.05) is 12.1 Å². The number of hydrogen-bond acceptors (Lipinski definition) is 6. The van der Waals surface area contributed by atoms with Crippen molar-refractivity contribution < 1.29 is 13.2 Å². The maximum absolute atomic E-state index is 12.5. The first-order chi connectivity index (χ1) is 16.4. The molecule has 1 aromatic carbocycles. The van der Waals surface area contributed by atoms with Crippen molar-refractivity contribution >= 4 is 43.4 Å². The highest BCUT2D eigenvalue weighted by atomic mass is 35.5. The minimum absolute atomic E-state index is 0.0421. The standard InChI is InChI=1S/C25H27ClN4O3S/c1-3-34(31,32)19-6-4-5-17(11-19)21-14-28-25(33-15-16-7-9-30(2)10-8-16)23-22(21)20-12-18(26)13-27-24(20)29-23/h4-6,11-14,16H,3,7-10,15H2,1-2H3,(H,27,29). The lowest BCUT2D eigenvalue weighted by molar-refractivity contribution is 0.158. The molecule has 0 bridgehead atoms. The summed E-state index contributed by atoms with van der Waals surface area (Å²) in [6, 6.07) is 8.83. The molecule has 1 N–H and O–H groups in total. The maximum Gasteiger partial charge on any atom is 0.238 e. The van der Waals surface area contributed by atoms with Crippen LogP contribution >= 0.6 is 11.6 Å². The number of rotatable bonds is 6. The second-order valence-corrected chi connectivity index (χ2v) is 11.6. The number of aromatic nitrogens is 3. The van der Waals surface area contributed by atoms with Crippen molar-refractivity contribution in [2.75, 3.05) is 32.5 Å². The summed E-state index contributed by atoms with van der Waals surface area (Å²) in [4.78, 5) is 15.1. The van der Waals surface area contributed by atoms with Gasteiger partial charge >= 0.3 is 0 Å². The number of ether oxygens (including phenoxy) is 1. The van der Waals surface area contributed by atoms with Gasteiger partial charge in [0, 0.05) is 28.7 Å². The van der Waals surface area contributed by atoms with Crippen molar-refractivity contribution in [1.29, 1.82) is 0 Å². The van der Waals surface area contributed by atoms with E-state index in [0.29, 0.717) is 34.0 Å². The van der Waals surface area contributed by atoms with Gasteiger partial charge in [-0.2, -0.15) is 0 Å². The van der Waals surface area contributed by atoms with E-state index in [9.17, 15) is 8.42 Å². The second kappa shape index (κ2) is 9.17. The Bertz CT molecular complexity index is 1460. The topological polar surface area (TPSA) is 88.2 Å². The van der Waals surface area contributed by atoms with Crippen LogP contribution in [0, 0.1) is 5.92 Å². The number of aromatic amines is 1. The van der Waals surface area contributed by atoms with Gasteiger partial charge in [0.25, 0.3) is 0 Å². The minimum atomic E-state index is -3.34. The Hall–Kier alpha value is -2.68. The van der Waals surface area contributed by atoms with Crippen molar-refractivity contribution in [1.82, 2.24) is 19.9 Å². The van der Waals surface area contributed by atoms with Gasteiger partial charge in [-0.25, -0.2) is 18.4 Å². The first-order valence-electron chi connectivity index (χ1n) is 11.5. The number of sulfone groups is 1. The molecule has 5 rings (SSSR count). The van der Waals surface area contributed by atoms with E-state index in [1.54, 1.807) is 37.5 Å². The number of halogens is 1. The molecule has 1 aliphatic heterocycles. The van der Waals surface area contributed by atoms with E-state index < -0.39 is 9.84 Å². The molecule has 0 saturated carbocycles. The molecule has 3 aromatic heterocycles. The molecule has 0 aliphatic carbocycles. The molecule has 4 heterocycles. The Balaban J connectivity index is 1.61. The van der Waals surface area contributed by atoms with Crippen LogP contribution in [0.1, 0.15) is 19.8 Å². The number of hydrogen-bond donors (Lipinski definition) is 1. The van der Waals surface area contributed by atoms with Gasteiger partial charge in [0.2, 0.25) is 5.88 Å². The van der Waals surface area contributed by atoms with Gasteiger partial charge < -0.3 is 14.6 Å². The normalized spacial score (nSPS) is 15.9. The average molecular weight is 499 g/mol. The quantitative estimate of drug-likeness (QED) is 0.405. The summed E-state index contributed by atoms with van der Waals surface area (Å²) < 4.78 is 31.2. The fourth-order valence-corrected chi connectivity index (χ4v) is 5.60. The smallest absolute Gasteiger partial charge is 0.238 e. The largest absolute Gasteiger partial charge is 0.476 e. The summed E-state index contributed by atoms with van der Waals surface area (Å²) in [5.41, 5.74) is 2.97. The van der Waals surface area contributed by atoms with E-state index in [4.69, 9.17) is 16.3 Å². The summed E-state index contributed by atoms with van der Waals surface area (Å²) in [5.74, 6) is 1.05. The van der Waals surface area contributed by atoms with Gasteiger partial charge in [-0.05, 0) is 62.7 Å². The number of pyridine rings is 2. The Kier molecular flexibility index (Phi) is 6.22. The molecule has 7 nitrogen and oxygen atoms in total. The second-order valence-electron chi connectivity index (χ2n) is 8.89. The predicted octanol–water partition coefficient (Wildman–Crippen LogP) is 4.95. The molecule has 0 atom stereocenters. The zero-order valence-corrected chi connectivity index (χ0v) is 20.8. The van der Waals surface area contributed by atoms with E-state index in [1.165, 1.54) is 0 Å². The molecule has 178 valence electrons. The Morgan fingerprint density at radius 2 is 1.97 bits per heavy atom. The predicted molar refractivity (Wildman–Crippen MR) is 135 cm³/mol. The van der Waals surface area contributed by atoms with Crippen molar-refractivity contribution in [3.8, 4) is 17.0 Å². The summed E-state index contributed by atoms with van der Waals surface area (Å²) in [6.45, 7) is 4.39. The van der Waals surface area contributed by atoms with Crippen molar-refractivity contribution in [2.24, 2.45) is 5.92 Å². The molecule has 0 radical (unpaired) electrons. The van der Waals surface area contributed by atoms with E-state index in [-0.39, 0.29) is 5.75 Å². The molecular weight excluding hydrogens is 472 g/mol. The number of H-pyrrole nitrogens is 1. The molecule has 9 heteroatoms. The van der Waals surface area contributed by atoms with Gasteiger partial charge in [-0.15, -0.1) is 0 Å². The summed E-state index contributed by atoms with van der Waals surface area (Å²) >= 11 is 6.29. The molecule has 34 heavy (non-hydrogen) atoms. The third-order valence-corrected chi connectivity index (χ3v) is 8.53. The molecule has 1 aliphatic rings. The fraction of sp³-hybridized carbons (Fsp3) is 0.360. The van der Waals surface area contributed by atoms with Crippen LogP contribution in [-0.2, 0) is 9.84 Å².